The molecular weight excluding hydrogens is 366 g/mol. The molecule has 2 nitrogen and oxygen atoms in total. The second kappa shape index (κ2) is 7.68. The Labute approximate surface area is 178 Å². The molecule has 1 heterocycles. The number of ether oxygens (including phenoxy) is 1. The number of aryl methyl sites for hydroxylation is 2. The molecule has 5 aromatic rings. The first kappa shape index (κ1) is 19.0. The lowest BCUT2D eigenvalue weighted by atomic mass is 10.0. The Kier molecular flexibility index (Phi) is 4.86. The van der Waals surface area contributed by atoms with Crippen molar-refractivity contribution in [2.45, 2.75) is 39.5 Å². The molecule has 4 aromatic carbocycles. The van der Waals surface area contributed by atoms with Crippen molar-refractivity contribution in [3.05, 3.63) is 66.2 Å². The number of unbranched alkanes of at least 4 members (excludes halogenated alkanes) is 3. The van der Waals surface area contributed by atoms with Gasteiger partial charge in [-0.25, -0.2) is 0 Å². The molecule has 0 atom stereocenters. The fraction of sp³-hybridized carbons (Fsp3) is 0.286. The minimum atomic E-state index is 0.799. The highest BCUT2D eigenvalue weighted by Crippen LogP contribution is 2.37. The van der Waals surface area contributed by atoms with Gasteiger partial charge in [-0.05, 0) is 42.3 Å². The van der Waals surface area contributed by atoms with E-state index >= 15 is 0 Å². The van der Waals surface area contributed by atoms with Gasteiger partial charge in [0.25, 0.3) is 0 Å². The summed E-state index contributed by atoms with van der Waals surface area (Å²) in [5.74, 6) is 0.970. The summed E-state index contributed by atoms with van der Waals surface area (Å²) < 4.78 is 8.39. The molecule has 30 heavy (non-hydrogen) atoms. The SMILES string of the molecule is CCCCCCOc1ccc2c(ccc3c4ccc5cc(C)ccc5c4n(C)c23)c1. The molecule has 0 aliphatic heterocycles. The molecule has 0 fully saturated rings. The Morgan fingerprint density at radius 3 is 2.03 bits per heavy atom. The first-order valence-electron chi connectivity index (χ1n) is 11.1. The quantitative estimate of drug-likeness (QED) is 0.266. The van der Waals surface area contributed by atoms with E-state index in [1.165, 1.54) is 68.2 Å². The van der Waals surface area contributed by atoms with Crippen LogP contribution in [0.5, 0.6) is 5.75 Å². The molecule has 5 rings (SSSR count). The van der Waals surface area contributed by atoms with E-state index in [-0.39, 0.29) is 0 Å². The predicted molar refractivity (Wildman–Crippen MR) is 130 cm³/mol. The average Bonchev–Trinajstić information content (AvgIpc) is 3.06. The van der Waals surface area contributed by atoms with Gasteiger partial charge in [-0.2, -0.15) is 0 Å². The number of hydrogen-bond donors (Lipinski definition) is 0. The minimum absolute atomic E-state index is 0.799. The zero-order chi connectivity index (χ0) is 20.7. The van der Waals surface area contributed by atoms with Crippen LogP contribution in [0.15, 0.2) is 60.7 Å². The fourth-order valence-corrected chi connectivity index (χ4v) is 4.80. The number of aromatic nitrogens is 1. The van der Waals surface area contributed by atoms with Gasteiger partial charge in [0, 0.05) is 28.6 Å². The summed E-state index contributed by atoms with van der Waals surface area (Å²) in [5.41, 5.74) is 3.91. The molecular formula is C28H29NO. The summed E-state index contributed by atoms with van der Waals surface area (Å²) in [7, 11) is 2.20. The summed E-state index contributed by atoms with van der Waals surface area (Å²) in [6.07, 6.45) is 4.91. The van der Waals surface area contributed by atoms with E-state index in [1.54, 1.807) is 0 Å². The van der Waals surface area contributed by atoms with E-state index in [1.807, 2.05) is 0 Å². The maximum absolute atomic E-state index is 6.02. The van der Waals surface area contributed by atoms with Crippen LogP contribution in [-0.4, -0.2) is 11.2 Å². The van der Waals surface area contributed by atoms with Crippen LogP contribution in [0.2, 0.25) is 0 Å². The lowest BCUT2D eigenvalue weighted by Gasteiger charge is -2.09. The average molecular weight is 396 g/mol. The first-order chi connectivity index (χ1) is 14.7. The van der Waals surface area contributed by atoms with Gasteiger partial charge in [-0.15, -0.1) is 0 Å². The maximum atomic E-state index is 6.02. The zero-order valence-corrected chi connectivity index (χ0v) is 18.2. The normalized spacial score (nSPS) is 11.8. The third-order valence-corrected chi connectivity index (χ3v) is 6.34. The van der Waals surface area contributed by atoms with E-state index in [4.69, 9.17) is 4.74 Å². The van der Waals surface area contributed by atoms with Crippen LogP contribution in [-0.2, 0) is 7.05 Å². The van der Waals surface area contributed by atoms with Gasteiger partial charge in [0.2, 0.25) is 0 Å². The van der Waals surface area contributed by atoms with Gasteiger partial charge in [0.15, 0.2) is 0 Å². The van der Waals surface area contributed by atoms with Crippen molar-refractivity contribution in [2.75, 3.05) is 6.61 Å². The summed E-state index contributed by atoms with van der Waals surface area (Å²) in [6, 6.07) is 22.3. The lowest BCUT2D eigenvalue weighted by molar-refractivity contribution is 0.305. The third-order valence-electron chi connectivity index (χ3n) is 6.34. The first-order valence-corrected chi connectivity index (χ1v) is 11.1. The standard InChI is InChI=1S/C28H29NO/c1-4-5-6-7-16-30-22-11-15-24-21(18-22)10-14-26-25-13-9-20-17-19(2)8-12-23(20)27(25)29(3)28(24)26/h8-15,17-18H,4-7,16H2,1-3H3. The minimum Gasteiger partial charge on any atom is -0.494 e. The number of fused-ring (bicyclic) bond motifs is 7. The van der Waals surface area contributed by atoms with Crippen LogP contribution >= 0.6 is 0 Å². The monoisotopic (exact) mass is 395 g/mol. The van der Waals surface area contributed by atoms with Crippen molar-refractivity contribution < 1.29 is 4.74 Å². The van der Waals surface area contributed by atoms with Crippen LogP contribution in [0.3, 0.4) is 0 Å². The fourth-order valence-electron chi connectivity index (χ4n) is 4.80. The second-order valence-electron chi connectivity index (χ2n) is 8.50. The summed E-state index contributed by atoms with van der Waals surface area (Å²) >= 11 is 0. The summed E-state index contributed by atoms with van der Waals surface area (Å²) in [6.45, 7) is 5.19. The maximum Gasteiger partial charge on any atom is 0.119 e. The Morgan fingerprint density at radius 2 is 1.33 bits per heavy atom. The topological polar surface area (TPSA) is 14.2 Å². The van der Waals surface area contributed by atoms with Crippen LogP contribution in [0.25, 0.3) is 43.4 Å². The number of hydrogen-bond acceptors (Lipinski definition) is 1. The van der Waals surface area contributed by atoms with Crippen molar-refractivity contribution in [1.82, 2.24) is 4.57 Å². The molecule has 0 spiro atoms. The van der Waals surface area contributed by atoms with Crippen LogP contribution < -0.4 is 4.74 Å². The van der Waals surface area contributed by atoms with Crippen molar-refractivity contribution in [3.8, 4) is 5.75 Å². The Morgan fingerprint density at radius 1 is 0.700 bits per heavy atom. The van der Waals surface area contributed by atoms with Crippen LogP contribution in [0.1, 0.15) is 38.2 Å². The molecule has 0 aliphatic carbocycles. The highest BCUT2D eigenvalue weighted by molar-refractivity contribution is 6.22. The largest absolute Gasteiger partial charge is 0.494 e. The smallest absolute Gasteiger partial charge is 0.119 e. The molecule has 0 saturated carbocycles. The van der Waals surface area contributed by atoms with E-state index in [9.17, 15) is 0 Å². The molecule has 0 unspecified atom stereocenters. The molecule has 0 radical (unpaired) electrons. The van der Waals surface area contributed by atoms with Gasteiger partial charge in [0.05, 0.1) is 17.6 Å². The van der Waals surface area contributed by atoms with Gasteiger partial charge in [0.1, 0.15) is 5.75 Å². The van der Waals surface area contributed by atoms with E-state index in [2.05, 4.69) is 86.1 Å². The van der Waals surface area contributed by atoms with E-state index in [0.29, 0.717) is 0 Å². The molecule has 152 valence electrons. The van der Waals surface area contributed by atoms with Crippen molar-refractivity contribution >= 4 is 43.4 Å². The number of rotatable bonds is 6. The van der Waals surface area contributed by atoms with Gasteiger partial charge in [-0.3, -0.25) is 0 Å². The zero-order valence-electron chi connectivity index (χ0n) is 18.2. The summed E-state index contributed by atoms with van der Waals surface area (Å²) in [4.78, 5) is 0. The molecule has 0 saturated heterocycles. The Balaban J connectivity index is 1.62. The van der Waals surface area contributed by atoms with E-state index < -0.39 is 0 Å². The van der Waals surface area contributed by atoms with Crippen LogP contribution in [0, 0.1) is 6.92 Å². The Bertz CT molecular complexity index is 1380. The third kappa shape index (κ3) is 3.11. The van der Waals surface area contributed by atoms with Gasteiger partial charge in [-0.1, -0.05) is 74.2 Å². The molecule has 0 bridgehead atoms. The highest BCUT2D eigenvalue weighted by Gasteiger charge is 2.14. The van der Waals surface area contributed by atoms with E-state index in [0.717, 1.165) is 18.8 Å². The second-order valence-corrected chi connectivity index (χ2v) is 8.50. The number of benzene rings is 4. The molecule has 2 heteroatoms. The molecule has 0 N–H and O–H groups in total. The van der Waals surface area contributed by atoms with Gasteiger partial charge >= 0.3 is 0 Å². The van der Waals surface area contributed by atoms with Crippen molar-refractivity contribution in [3.63, 3.8) is 0 Å². The molecule has 0 amide bonds. The van der Waals surface area contributed by atoms with Crippen LogP contribution in [0.4, 0.5) is 0 Å². The number of nitrogens with zero attached hydrogens (tertiary/aromatic N) is 1. The molecule has 0 aliphatic rings. The highest BCUT2D eigenvalue weighted by atomic mass is 16.5. The predicted octanol–water partition coefficient (Wildman–Crippen LogP) is 7.91. The Hall–Kier alpha value is -3.00. The van der Waals surface area contributed by atoms with Crippen molar-refractivity contribution in [1.29, 1.82) is 0 Å². The molecule has 1 aromatic heterocycles. The lowest BCUT2D eigenvalue weighted by Crippen LogP contribution is -1.97. The van der Waals surface area contributed by atoms with Crippen molar-refractivity contribution in [2.24, 2.45) is 7.05 Å². The summed E-state index contributed by atoms with van der Waals surface area (Å²) in [5, 5.41) is 7.77. The van der Waals surface area contributed by atoms with Gasteiger partial charge < -0.3 is 9.30 Å².